The Kier molecular flexibility index (Phi) is 5.43. The molecule has 2 heterocycles. The van der Waals surface area contributed by atoms with Crippen molar-refractivity contribution in [3.8, 4) is 0 Å². The van der Waals surface area contributed by atoms with E-state index in [0.29, 0.717) is 6.54 Å². The summed E-state index contributed by atoms with van der Waals surface area (Å²) in [5.74, 6) is 0. The van der Waals surface area contributed by atoms with Crippen LogP contribution in [0.2, 0.25) is 5.02 Å². The van der Waals surface area contributed by atoms with Gasteiger partial charge in [-0.05, 0) is 38.9 Å². The number of hydrogen-bond acceptors (Lipinski definition) is 4. The van der Waals surface area contributed by atoms with Gasteiger partial charge in [0, 0.05) is 18.8 Å². The molecule has 2 N–H and O–H groups in total. The summed E-state index contributed by atoms with van der Waals surface area (Å²) in [6.45, 7) is 4.53. The molecule has 1 fully saturated rings. The molecule has 1 unspecified atom stereocenters. The number of likely N-dealkylation sites (tertiary alicyclic amines) is 1. The summed E-state index contributed by atoms with van der Waals surface area (Å²) in [5, 5.41) is -0.137. The highest BCUT2D eigenvalue weighted by Gasteiger charge is 2.21. The molecule has 1 aliphatic rings. The SMILES string of the molecule is CC(CN1CCCCC1)NS(=O)(=O)c1c[nH]c(=O)c(Cl)c1. The van der Waals surface area contributed by atoms with E-state index in [1.807, 2.05) is 6.92 Å². The van der Waals surface area contributed by atoms with E-state index in [-0.39, 0.29) is 16.0 Å². The number of H-pyrrole nitrogens is 1. The van der Waals surface area contributed by atoms with Crippen LogP contribution in [-0.4, -0.2) is 44.0 Å². The normalized spacial score (nSPS) is 18.6. The van der Waals surface area contributed by atoms with Gasteiger partial charge in [-0.25, -0.2) is 13.1 Å². The van der Waals surface area contributed by atoms with E-state index in [9.17, 15) is 13.2 Å². The molecule has 1 aromatic rings. The molecule has 1 saturated heterocycles. The first-order valence-corrected chi connectivity index (χ1v) is 8.87. The van der Waals surface area contributed by atoms with E-state index >= 15 is 0 Å². The van der Waals surface area contributed by atoms with E-state index < -0.39 is 15.6 Å². The zero-order chi connectivity index (χ0) is 15.5. The van der Waals surface area contributed by atoms with Crippen LogP contribution in [0, 0.1) is 0 Å². The molecule has 1 aromatic heterocycles. The maximum atomic E-state index is 12.2. The second kappa shape index (κ2) is 6.91. The van der Waals surface area contributed by atoms with Gasteiger partial charge in [0.1, 0.15) is 5.02 Å². The van der Waals surface area contributed by atoms with Crippen molar-refractivity contribution in [2.24, 2.45) is 0 Å². The smallest absolute Gasteiger partial charge is 0.266 e. The van der Waals surface area contributed by atoms with Crippen LogP contribution < -0.4 is 10.3 Å². The Bertz CT molecular complexity index is 638. The van der Waals surface area contributed by atoms with Crippen LogP contribution in [0.25, 0.3) is 0 Å². The first kappa shape index (κ1) is 16.5. The Morgan fingerprint density at radius 2 is 2.05 bits per heavy atom. The lowest BCUT2D eigenvalue weighted by atomic mass is 10.1. The molecular formula is C13H20ClN3O3S. The molecule has 8 heteroatoms. The fraction of sp³-hybridized carbons (Fsp3) is 0.615. The Balaban J connectivity index is 2.02. The van der Waals surface area contributed by atoms with Crippen molar-refractivity contribution in [3.05, 3.63) is 27.6 Å². The lowest BCUT2D eigenvalue weighted by molar-refractivity contribution is 0.215. The molecule has 0 bridgehead atoms. The predicted molar refractivity (Wildman–Crippen MR) is 82.1 cm³/mol. The number of hydrogen-bond donors (Lipinski definition) is 2. The molecule has 1 atom stereocenters. The Labute approximate surface area is 129 Å². The largest absolute Gasteiger partial charge is 0.326 e. The number of rotatable bonds is 5. The van der Waals surface area contributed by atoms with Gasteiger partial charge in [-0.2, -0.15) is 0 Å². The summed E-state index contributed by atoms with van der Waals surface area (Å²) < 4.78 is 27.1. The zero-order valence-electron chi connectivity index (χ0n) is 11.9. The molecule has 2 rings (SSSR count). The van der Waals surface area contributed by atoms with E-state index in [1.54, 1.807) is 0 Å². The van der Waals surface area contributed by atoms with Gasteiger partial charge in [0.15, 0.2) is 0 Å². The van der Waals surface area contributed by atoms with Gasteiger partial charge in [-0.15, -0.1) is 0 Å². The second-order valence-electron chi connectivity index (χ2n) is 5.40. The minimum atomic E-state index is -3.68. The van der Waals surface area contributed by atoms with Crippen molar-refractivity contribution >= 4 is 21.6 Å². The van der Waals surface area contributed by atoms with Crippen LogP contribution in [0.15, 0.2) is 22.0 Å². The molecule has 1 aliphatic heterocycles. The van der Waals surface area contributed by atoms with Gasteiger partial charge in [-0.1, -0.05) is 18.0 Å². The van der Waals surface area contributed by atoms with Crippen molar-refractivity contribution in [1.82, 2.24) is 14.6 Å². The number of pyridine rings is 1. The van der Waals surface area contributed by atoms with E-state index in [2.05, 4.69) is 14.6 Å². The van der Waals surface area contributed by atoms with Crippen molar-refractivity contribution in [3.63, 3.8) is 0 Å². The zero-order valence-corrected chi connectivity index (χ0v) is 13.5. The van der Waals surface area contributed by atoms with Gasteiger partial charge >= 0.3 is 0 Å². The van der Waals surface area contributed by atoms with Gasteiger partial charge in [0.05, 0.1) is 4.90 Å². The third-order valence-corrected chi connectivity index (χ3v) is 5.33. The summed E-state index contributed by atoms with van der Waals surface area (Å²) >= 11 is 5.67. The van der Waals surface area contributed by atoms with Crippen LogP contribution in [0.4, 0.5) is 0 Å². The lowest BCUT2D eigenvalue weighted by Gasteiger charge is -2.29. The minimum Gasteiger partial charge on any atom is -0.326 e. The highest BCUT2D eigenvalue weighted by atomic mass is 35.5. The molecule has 6 nitrogen and oxygen atoms in total. The first-order valence-electron chi connectivity index (χ1n) is 7.01. The summed E-state index contributed by atoms with van der Waals surface area (Å²) in [4.78, 5) is 15.7. The number of aromatic nitrogens is 1. The number of halogens is 1. The maximum absolute atomic E-state index is 12.2. The monoisotopic (exact) mass is 333 g/mol. The quantitative estimate of drug-likeness (QED) is 0.847. The number of nitrogens with zero attached hydrogens (tertiary/aromatic N) is 1. The van der Waals surface area contributed by atoms with Crippen LogP contribution in [0.3, 0.4) is 0 Å². The van der Waals surface area contributed by atoms with Crippen LogP contribution >= 0.6 is 11.6 Å². The molecule has 0 aromatic carbocycles. The molecule has 0 amide bonds. The summed E-state index contributed by atoms with van der Waals surface area (Å²) in [5.41, 5.74) is -0.503. The summed E-state index contributed by atoms with van der Waals surface area (Å²) in [7, 11) is -3.68. The molecular weight excluding hydrogens is 314 g/mol. The predicted octanol–water partition coefficient (Wildman–Crippen LogP) is 1.18. The number of piperidine rings is 1. The third kappa shape index (κ3) is 4.54. The van der Waals surface area contributed by atoms with E-state index in [4.69, 9.17) is 11.6 Å². The molecule has 0 spiro atoms. The van der Waals surface area contributed by atoms with Crippen LogP contribution in [-0.2, 0) is 10.0 Å². The van der Waals surface area contributed by atoms with Crippen LogP contribution in [0.1, 0.15) is 26.2 Å². The van der Waals surface area contributed by atoms with Gasteiger partial charge in [0.2, 0.25) is 10.0 Å². The molecule has 118 valence electrons. The molecule has 0 radical (unpaired) electrons. The standard InChI is InChI=1S/C13H20ClN3O3S/c1-10(9-17-5-3-2-4-6-17)16-21(19,20)11-7-12(14)13(18)15-8-11/h7-8,10,16H,2-6,9H2,1H3,(H,15,18). The highest BCUT2D eigenvalue weighted by Crippen LogP contribution is 2.12. The Hall–Kier alpha value is -0.890. The van der Waals surface area contributed by atoms with Crippen molar-refractivity contribution in [1.29, 1.82) is 0 Å². The van der Waals surface area contributed by atoms with E-state index in [1.165, 1.54) is 6.42 Å². The van der Waals surface area contributed by atoms with Crippen molar-refractivity contribution in [2.75, 3.05) is 19.6 Å². The number of aromatic amines is 1. The molecule has 0 saturated carbocycles. The van der Waals surface area contributed by atoms with Crippen molar-refractivity contribution < 1.29 is 8.42 Å². The average molecular weight is 334 g/mol. The number of nitrogens with one attached hydrogen (secondary N) is 2. The fourth-order valence-corrected chi connectivity index (χ4v) is 3.96. The Morgan fingerprint density at radius 3 is 2.67 bits per heavy atom. The van der Waals surface area contributed by atoms with Gasteiger partial charge in [-0.3, -0.25) is 4.79 Å². The maximum Gasteiger partial charge on any atom is 0.266 e. The summed E-state index contributed by atoms with van der Waals surface area (Å²) in [6.07, 6.45) is 4.72. The first-order chi connectivity index (χ1) is 9.88. The topological polar surface area (TPSA) is 82.3 Å². The lowest BCUT2D eigenvalue weighted by Crippen LogP contribution is -2.43. The third-order valence-electron chi connectivity index (χ3n) is 3.48. The molecule has 21 heavy (non-hydrogen) atoms. The van der Waals surface area contributed by atoms with Gasteiger partial charge in [0.25, 0.3) is 5.56 Å². The minimum absolute atomic E-state index is 0.0300. The number of sulfonamides is 1. The van der Waals surface area contributed by atoms with Crippen LogP contribution in [0.5, 0.6) is 0 Å². The Morgan fingerprint density at radius 1 is 1.38 bits per heavy atom. The average Bonchev–Trinajstić information content (AvgIpc) is 2.42. The molecule has 0 aliphatic carbocycles. The second-order valence-corrected chi connectivity index (χ2v) is 7.52. The van der Waals surface area contributed by atoms with Crippen molar-refractivity contribution in [2.45, 2.75) is 37.1 Å². The highest BCUT2D eigenvalue weighted by molar-refractivity contribution is 7.89. The van der Waals surface area contributed by atoms with Gasteiger partial charge < -0.3 is 9.88 Å². The fourth-order valence-electron chi connectivity index (χ4n) is 2.49. The van der Waals surface area contributed by atoms with E-state index in [0.717, 1.165) is 38.2 Å². The summed E-state index contributed by atoms with van der Waals surface area (Å²) in [6, 6.07) is 0.954.